The summed E-state index contributed by atoms with van der Waals surface area (Å²) in [6.07, 6.45) is 3.08. The van der Waals surface area contributed by atoms with Crippen LogP contribution in [0.4, 0.5) is 5.13 Å². The fourth-order valence-corrected chi connectivity index (χ4v) is 4.92. The summed E-state index contributed by atoms with van der Waals surface area (Å²) < 4.78 is 27.0. The van der Waals surface area contributed by atoms with Crippen LogP contribution < -0.4 is 10.5 Å². The molecule has 0 spiro atoms. The van der Waals surface area contributed by atoms with Gasteiger partial charge in [-0.15, -0.1) is 11.3 Å². The minimum absolute atomic E-state index is 0.0644. The third-order valence-electron chi connectivity index (χ3n) is 3.42. The van der Waals surface area contributed by atoms with Crippen molar-refractivity contribution in [3.05, 3.63) is 46.0 Å². The number of nitrogens with two attached hydrogens (primary N) is 1. The molecule has 21 heavy (non-hydrogen) atoms. The lowest BCUT2D eigenvalue weighted by Gasteiger charge is -2.06. The van der Waals surface area contributed by atoms with E-state index in [0.717, 1.165) is 36.1 Å². The topological polar surface area (TPSA) is 85.1 Å². The highest BCUT2D eigenvalue weighted by atomic mass is 32.2. The Kier molecular flexibility index (Phi) is 3.97. The van der Waals surface area contributed by atoms with E-state index in [1.54, 1.807) is 6.07 Å². The Bertz CT molecular complexity index is 732. The van der Waals surface area contributed by atoms with Crippen molar-refractivity contribution in [2.75, 3.05) is 4.72 Å². The molecule has 1 aromatic heterocycles. The number of fused-ring (bicyclic) bond motifs is 1. The Balaban J connectivity index is 1.73. The maximum Gasteiger partial charge on any atom is 0.238 e. The molecule has 5 nitrogen and oxygen atoms in total. The second kappa shape index (κ2) is 5.75. The average Bonchev–Trinajstić information content (AvgIpc) is 2.98. The van der Waals surface area contributed by atoms with Crippen LogP contribution in [0.15, 0.2) is 24.3 Å². The van der Waals surface area contributed by atoms with E-state index in [-0.39, 0.29) is 5.75 Å². The third-order valence-corrected chi connectivity index (χ3v) is 5.84. The molecule has 0 atom stereocenters. The molecule has 0 unspecified atom stereocenters. The zero-order chi connectivity index (χ0) is 14.9. The number of hydrogen-bond donors (Lipinski definition) is 2. The molecule has 0 fully saturated rings. The first kappa shape index (κ1) is 14.5. The summed E-state index contributed by atoms with van der Waals surface area (Å²) in [4.78, 5) is 5.57. The van der Waals surface area contributed by atoms with Gasteiger partial charge in [-0.2, -0.15) is 0 Å². The SMILES string of the molecule is NCc1cccc(CS(=O)(=O)Nc2nc3c(s2)CCC3)c1. The molecule has 0 amide bonds. The Morgan fingerprint density at radius 1 is 1.29 bits per heavy atom. The Labute approximate surface area is 128 Å². The fourth-order valence-electron chi connectivity index (χ4n) is 2.47. The lowest BCUT2D eigenvalue weighted by atomic mass is 10.1. The zero-order valence-electron chi connectivity index (χ0n) is 11.5. The van der Waals surface area contributed by atoms with Crippen LogP contribution in [0.5, 0.6) is 0 Å². The molecule has 0 saturated heterocycles. The van der Waals surface area contributed by atoms with Crippen LogP contribution in [0.25, 0.3) is 0 Å². The number of anilines is 1. The quantitative estimate of drug-likeness (QED) is 0.881. The lowest BCUT2D eigenvalue weighted by molar-refractivity contribution is 0.600. The van der Waals surface area contributed by atoms with E-state index in [0.29, 0.717) is 11.7 Å². The van der Waals surface area contributed by atoms with Gasteiger partial charge in [0.1, 0.15) is 0 Å². The highest BCUT2D eigenvalue weighted by Gasteiger charge is 2.20. The van der Waals surface area contributed by atoms with Crippen LogP contribution in [0.2, 0.25) is 0 Å². The van der Waals surface area contributed by atoms with Crippen molar-refractivity contribution in [2.45, 2.75) is 31.6 Å². The van der Waals surface area contributed by atoms with E-state index in [1.807, 2.05) is 18.2 Å². The number of rotatable bonds is 5. The van der Waals surface area contributed by atoms with Gasteiger partial charge in [0.15, 0.2) is 5.13 Å². The molecule has 1 heterocycles. The maximum absolute atomic E-state index is 12.2. The van der Waals surface area contributed by atoms with Gasteiger partial charge in [0, 0.05) is 11.4 Å². The van der Waals surface area contributed by atoms with Gasteiger partial charge in [0.2, 0.25) is 10.0 Å². The van der Waals surface area contributed by atoms with Gasteiger partial charge in [-0.05, 0) is 30.4 Å². The molecule has 0 radical (unpaired) electrons. The smallest absolute Gasteiger partial charge is 0.238 e. The van der Waals surface area contributed by atoms with E-state index in [1.165, 1.54) is 16.2 Å². The molecule has 0 bridgehead atoms. The second-order valence-corrected chi connectivity index (χ2v) is 7.93. The van der Waals surface area contributed by atoms with Gasteiger partial charge in [-0.25, -0.2) is 13.4 Å². The summed E-state index contributed by atoms with van der Waals surface area (Å²) in [5, 5.41) is 0.481. The lowest BCUT2D eigenvalue weighted by Crippen LogP contribution is -2.15. The Morgan fingerprint density at radius 3 is 2.86 bits per heavy atom. The molecule has 1 aromatic carbocycles. The van der Waals surface area contributed by atoms with Crippen molar-refractivity contribution in [2.24, 2.45) is 5.73 Å². The number of nitrogens with one attached hydrogen (secondary N) is 1. The van der Waals surface area contributed by atoms with Crippen LogP contribution in [0, 0.1) is 0 Å². The van der Waals surface area contributed by atoms with E-state index in [9.17, 15) is 8.42 Å². The molecule has 3 N–H and O–H groups in total. The van der Waals surface area contributed by atoms with Gasteiger partial charge < -0.3 is 5.73 Å². The van der Waals surface area contributed by atoms with Crippen LogP contribution >= 0.6 is 11.3 Å². The zero-order valence-corrected chi connectivity index (χ0v) is 13.1. The largest absolute Gasteiger partial charge is 0.326 e. The highest BCUT2D eigenvalue weighted by Crippen LogP contribution is 2.31. The summed E-state index contributed by atoms with van der Waals surface area (Å²) in [5.41, 5.74) is 8.28. The minimum Gasteiger partial charge on any atom is -0.326 e. The molecular weight excluding hydrogens is 306 g/mol. The number of aromatic nitrogens is 1. The van der Waals surface area contributed by atoms with Crippen LogP contribution in [0.1, 0.15) is 28.1 Å². The normalized spacial score (nSPS) is 14.1. The molecule has 0 saturated carbocycles. The number of sulfonamides is 1. The fraction of sp³-hybridized carbons (Fsp3) is 0.357. The molecule has 1 aliphatic carbocycles. The number of nitrogens with zero attached hydrogens (tertiary/aromatic N) is 1. The number of hydrogen-bond acceptors (Lipinski definition) is 5. The predicted octanol–water partition coefficient (Wildman–Crippen LogP) is 2.03. The maximum atomic E-state index is 12.2. The van der Waals surface area contributed by atoms with Gasteiger partial charge in [0.25, 0.3) is 0 Å². The number of aryl methyl sites for hydroxylation is 2. The Hall–Kier alpha value is -1.44. The molecule has 112 valence electrons. The Morgan fingerprint density at radius 2 is 2.10 bits per heavy atom. The van der Waals surface area contributed by atoms with Gasteiger partial charge >= 0.3 is 0 Å². The summed E-state index contributed by atoms with van der Waals surface area (Å²) in [5.74, 6) is -0.0644. The molecule has 0 aliphatic heterocycles. The molecule has 3 rings (SSSR count). The third kappa shape index (κ3) is 3.42. The van der Waals surface area contributed by atoms with Crippen molar-refractivity contribution < 1.29 is 8.42 Å². The van der Waals surface area contributed by atoms with E-state index < -0.39 is 10.0 Å². The minimum atomic E-state index is -3.44. The second-order valence-electron chi connectivity index (χ2n) is 5.13. The number of benzene rings is 1. The summed E-state index contributed by atoms with van der Waals surface area (Å²) in [6.45, 7) is 0.403. The van der Waals surface area contributed by atoms with E-state index in [4.69, 9.17) is 5.73 Å². The first-order valence-electron chi connectivity index (χ1n) is 6.83. The van der Waals surface area contributed by atoms with Crippen LogP contribution in [0.3, 0.4) is 0 Å². The van der Waals surface area contributed by atoms with Gasteiger partial charge in [-0.3, -0.25) is 4.72 Å². The van der Waals surface area contributed by atoms with Crippen molar-refractivity contribution in [3.8, 4) is 0 Å². The molecule has 2 aromatic rings. The summed E-state index contributed by atoms with van der Waals surface area (Å²) in [6, 6.07) is 7.32. The van der Waals surface area contributed by atoms with Gasteiger partial charge in [0.05, 0.1) is 11.4 Å². The molecule has 1 aliphatic rings. The standard InChI is InChI=1S/C14H17N3O2S2/c15-8-10-3-1-4-11(7-10)9-21(18,19)17-14-16-12-5-2-6-13(12)20-14/h1,3-4,7H,2,5-6,8-9,15H2,(H,16,17). The van der Waals surface area contributed by atoms with E-state index >= 15 is 0 Å². The van der Waals surface area contributed by atoms with Crippen molar-refractivity contribution in [1.82, 2.24) is 4.98 Å². The molecule has 7 heteroatoms. The van der Waals surface area contributed by atoms with Gasteiger partial charge in [-0.1, -0.05) is 24.3 Å². The first-order chi connectivity index (χ1) is 10.1. The number of thiazole rings is 1. The van der Waals surface area contributed by atoms with Crippen molar-refractivity contribution >= 4 is 26.5 Å². The molecular formula is C14H17N3O2S2. The van der Waals surface area contributed by atoms with Crippen molar-refractivity contribution in [3.63, 3.8) is 0 Å². The van der Waals surface area contributed by atoms with Crippen LogP contribution in [-0.2, 0) is 35.2 Å². The average molecular weight is 323 g/mol. The van der Waals surface area contributed by atoms with Crippen LogP contribution in [-0.4, -0.2) is 13.4 Å². The predicted molar refractivity (Wildman–Crippen MR) is 84.7 cm³/mol. The first-order valence-corrected chi connectivity index (χ1v) is 9.29. The monoisotopic (exact) mass is 323 g/mol. The van der Waals surface area contributed by atoms with E-state index in [2.05, 4.69) is 9.71 Å². The highest BCUT2D eigenvalue weighted by molar-refractivity contribution is 7.92. The summed E-state index contributed by atoms with van der Waals surface area (Å²) in [7, 11) is -3.44. The summed E-state index contributed by atoms with van der Waals surface area (Å²) >= 11 is 1.45. The van der Waals surface area contributed by atoms with Crippen molar-refractivity contribution in [1.29, 1.82) is 0 Å².